The Morgan fingerprint density at radius 1 is 1.12 bits per heavy atom. The normalized spacial score (nSPS) is 11.3. The van der Waals surface area contributed by atoms with Crippen molar-refractivity contribution in [3.8, 4) is 6.07 Å². The van der Waals surface area contributed by atoms with Gasteiger partial charge in [0.05, 0.1) is 27.4 Å². The third kappa shape index (κ3) is 5.32. The fraction of sp³-hybridized carbons (Fsp3) is 0.167. The predicted octanol–water partition coefficient (Wildman–Crippen LogP) is 4.38. The molecule has 0 atom stereocenters. The molecule has 0 aliphatic heterocycles. The summed E-state index contributed by atoms with van der Waals surface area (Å²) in [6.07, 6.45) is 1.53. The van der Waals surface area contributed by atoms with Gasteiger partial charge in [-0.05, 0) is 35.4 Å². The maximum Gasteiger partial charge on any atom is 0.218 e. The molecule has 2 rings (SSSR count). The number of hydrogen-bond acceptors (Lipinski definition) is 3. The van der Waals surface area contributed by atoms with Crippen LogP contribution in [-0.4, -0.2) is 19.3 Å². The first kappa shape index (κ1) is 19.5. The van der Waals surface area contributed by atoms with Crippen LogP contribution in [0.5, 0.6) is 0 Å². The molecule has 4 nitrogen and oxygen atoms in total. The third-order valence-corrected chi connectivity index (χ3v) is 5.98. The van der Waals surface area contributed by atoms with E-state index in [1.165, 1.54) is 10.4 Å². The van der Waals surface area contributed by atoms with Gasteiger partial charge in [-0.2, -0.15) is 9.57 Å². The van der Waals surface area contributed by atoms with Crippen molar-refractivity contribution in [2.45, 2.75) is 12.3 Å². The minimum Gasteiger partial charge on any atom is -0.212 e. The van der Waals surface area contributed by atoms with Gasteiger partial charge in [-0.1, -0.05) is 47.5 Å². The van der Waals surface area contributed by atoms with Gasteiger partial charge in [0.25, 0.3) is 0 Å². The van der Waals surface area contributed by atoms with E-state index in [2.05, 4.69) is 6.58 Å². The van der Waals surface area contributed by atoms with Crippen molar-refractivity contribution in [2.24, 2.45) is 0 Å². The molecule has 0 fully saturated rings. The fourth-order valence-corrected chi connectivity index (χ4v) is 4.08. The average molecular weight is 395 g/mol. The lowest BCUT2D eigenvalue weighted by atomic mass is 10.1. The number of sulfonamides is 1. The second-order valence-corrected chi connectivity index (χ2v) is 8.18. The summed E-state index contributed by atoms with van der Waals surface area (Å²) in [5.74, 6) is -0.199. The van der Waals surface area contributed by atoms with Gasteiger partial charge in [0.15, 0.2) is 0 Å². The van der Waals surface area contributed by atoms with Crippen LogP contribution in [0, 0.1) is 11.3 Å². The van der Waals surface area contributed by atoms with Crippen molar-refractivity contribution in [1.29, 1.82) is 5.26 Å². The van der Waals surface area contributed by atoms with Gasteiger partial charge in [0, 0.05) is 13.1 Å². The summed E-state index contributed by atoms with van der Waals surface area (Å²) in [5, 5.41) is 9.67. The number of rotatable bonds is 7. The van der Waals surface area contributed by atoms with E-state index < -0.39 is 10.0 Å². The van der Waals surface area contributed by atoms with E-state index >= 15 is 0 Å². The molecule has 130 valence electrons. The lowest BCUT2D eigenvalue weighted by molar-refractivity contribution is 0.437. The van der Waals surface area contributed by atoms with Crippen LogP contribution in [0.25, 0.3) is 0 Å². The number of benzene rings is 2. The molecule has 0 N–H and O–H groups in total. The van der Waals surface area contributed by atoms with Crippen molar-refractivity contribution in [1.82, 2.24) is 4.31 Å². The highest BCUT2D eigenvalue weighted by atomic mass is 35.5. The van der Waals surface area contributed by atoms with E-state index in [-0.39, 0.29) is 18.8 Å². The van der Waals surface area contributed by atoms with Gasteiger partial charge in [0.2, 0.25) is 10.0 Å². The standard InChI is InChI=1S/C18H16Cl2N2O2S/c1-2-8-22(12-15-5-3-4-14(9-15)11-21)25(23,24)13-16-6-7-17(19)18(20)10-16/h2-7,9-10H,1,8,12-13H2. The SMILES string of the molecule is C=CCN(Cc1cccc(C#N)c1)S(=O)(=O)Cc1ccc(Cl)c(Cl)c1. The van der Waals surface area contributed by atoms with Gasteiger partial charge in [0.1, 0.15) is 0 Å². The first-order valence-corrected chi connectivity index (χ1v) is 9.74. The number of nitriles is 1. The van der Waals surface area contributed by atoms with Crippen LogP contribution in [0.15, 0.2) is 55.1 Å². The number of nitrogens with zero attached hydrogens (tertiary/aromatic N) is 2. The van der Waals surface area contributed by atoms with Gasteiger partial charge in [-0.25, -0.2) is 8.42 Å². The Hall–Kier alpha value is -1.84. The quantitative estimate of drug-likeness (QED) is 0.654. The van der Waals surface area contributed by atoms with Crippen molar-refractivity contribution in [2.75, 3.05) is 6.54 Å². The Bertz CT molecular complexity index is 921. The highest BCUT2D eigenvalue weighted by molar-refractivity contribution is 7.88. The molecule has 7 heteroatoms. The molecule has 0 spiro atoms. The molecule has 0 saturated heterocycles. The van der Waals surface area contributed by atoms with Crippen LogP contribution in [0.1, 0.15) is 16.7 Å². The Kier molecular flexibility index (Phi) is 6.63. The van der Waals surface area contributed by atoms with Gasteiger partial charge in [-0.15, -0.1) is 6.58 Å². The highest BCUT2D eigenvalue weighted by Crippen LogP contribution is 2.24. The van der Waals surface area contributed by atoms with E-state index in [0.29, 0.717) is 21.2 Å². The summed E-state index contributed by atoms with van der Waals surface area (Å²) in [5.41, 5.74) is 1.77. The maximum absolute atomic E-state index is 12.8. The minimum atomic E-state index is -3.61. The molecular formula is C18H16Cl2N2O2S. The molecule has 0 amide bonds. The largest absolute Gasteiger partial charge is 0.218 e. The Morgan fingerprint density at radius 3 is 2.52 bits per heavy atom. The lowest BCUT2D eigenvalue weighted by Gasteiger charge is -2.21. The van der Waals surface area contributed by atoms with Crippen molar-refractivity contribution >= 4 is 33.2 Å². The van der Waals surface area contributed by atoms with Crippen LogP contribution in [-0.2, 0) is 22.3 Å². The minimum absolute atomic E-state index is 0.158. The molecule has 2 aromatic rings. The molecular weight excluding hydrogens is 379 g/mol. The first-order chi connectivity index (χ1) is 11.9. The molecule has 0 radical (unpaired) electrons. The molecule has 25 heavy (non-hydrogen) atoms. The Morgan fingerprint density at radius 2 is 1.88 bits per heavy atom. The first-order valence-electron chi connectivity index (χ1n) is 7.37. The van der Waals surface area contributed by atoms with E-state index in [0.717, 1.165) is 5.56 Å². The smallest absolute Gasteiger partial charge is 0.212 e. The van der Waals surface area contributed by atoms with Crippen molar-refractivity contribution in [3.05, 3.63) is 81.9 Å². The van der Waals surface area contributed by atoms with E-state index in [9.17, 15) is 8.42 Å². The highest BCUT2D eigenvalue weighted by Gasteiger charge is 2.22. The van der Waals surface area contributed by atoms with Crippen LogP contribution >= 0.6 is 23.2 Å². The van der Waals surface area contributed by atoms with Gasteiger partial charge in [-0.3, -0.25) is 0 Å². The Labute approximate surface area is 158 Å². The predicted molar refractivity (Wildman–Crippen MR) is 101 cm³/mol. The van der Waals surface area contributed by atoms with Crippen LogP contribution in [0.3, 0.4) is 0 Å². The summed E-state index contributed by atoms with van der Waals surface area (Å²) < 4.78 is 26.9. The molecule has 2 aromatic carbocycles. The summed E-state index contributed by atoms with van der Waals surface area (Å²) in [7, 11) is -3.61. The maximum atomic E-state index is 12.8. The lowest BCUT2D eigenvalue weighted by Crippen LogP contribution is -2.32. The average Bonchev–Trinajstić information content (AvgIpc) is 2.58. The zero-order valence-electron chi connectivity index (χ0n) is 13.3. The summed E-state index contributed by atoms with van der Waals surface area (Å²) in [4.78, 5) is 0. The zero-order chi connectivity index (χ0) is 18.4. The second kappa shape index (κ2) is 8.50. The van der Waals surface area contributed by atoms with Gasteiger partial charge >= 0.3 is 0 Å². The van der Waals surface area contributed by atoms with Crippen LogP contribution < -0.4 is 0 Å². The van der Waals surface area contributed by atoms with E-state index in [1.54, 1.807) is 42.5 Å². The molecule has 0 heterocycles. The molecule has 0 aliphatic carbocycles. The fourth-order valence-electron chi connectivity index (χ4n) is 2.29. The zero-order valence-corrected chi connectivity index (χ0v) is 15.7. The molecule has 0 saturated carbocycles. The second-order valence-electron chi connectivity index (χ2n) is 5.40. The third-order valence-electron chi connectivity index (χ3n) is 3.47. The topological polar surface area (TPSA) is 61.2 Å². The van der Waals surface area contributed by atoms with E-state index in [4.69, 9.17) is 28.5 Å². The van der Waals surface area contributed by atoms with Crippen molar-refractivity contribution < 1.29 is 8.42 Å². The number of hydrogen-bond donors (Lipinski definition) is 0. The van der Waals surface area contributed by atoms with Crippen LogP contribution in [0.4, 0.5) is 0 Å². The summed E-state index contributed by atoms with van der Waals surface area (Å²) >= 11 is 11.8. The monoisotopic (exact) mass is 394 g/mol. The van der Waals surface area contributed by atoms with Crippen molar-refractivity contribution in [3.63, 3.8) is 0 Å². The molecule has 0 bridgehead atoms. The van der Waals surface area contributed by atoms with Gasteiger partial charge < -0.3 is 0 Å². The number of halogens is 2. The molecule has 0 unspecified atom stereocenters. The Balaban J connectivity index is 2.25. The van der Waals surface area contributed by atoms with Crippen LogP contribution in [0.2, 0.25) is 10.0 Å². The molecule has 0 aliphatic rings. The summed E-state index contributed by atoms with van der Waals surface area (Å²) in [6, 6.07) is 13.7. The molecule has 0 aromatic heterocycles. The van der Waals surface area contributed by atoms with E-state index in [1.807, 2.05) is 6.07 Å². The summed E-state index contributed by atoms with van der Waals surface area (Å²) in [6.45, 7) is 3.95.